The minimum atomic E-state index is 0.0715. The van der Waals surface area contributed by atoms with Crippen LogP contribution in [0.25, 0.3) is 0 Å². The predicted octanol–water partition coefficient (Wildman–Crippen LogP) is 1.57. The zero-order valence-electron chi connectivity index (χ0n) is 14.2. The molecule has 0 unspecified atom stereocenters. The van der Waals surface area contributed by atoms with Crippen molar-refractivity contribution in [2.75, 3.05) is 46.2 Å². The standard InChI is InChI=1S/C16H31NO5/c1-16(2,3)6-5-15(19)17-7-10-21-12-14-22-13-11-20-9-4-8-18/h8H,4-7,9-14H2,1-3H3,(H,17,19). The first-order valence-corrected chi connectivity index (χ1v) is 7.89. The number of aldehydes is 1. The van der Waals surface area contributed by atoms with Crippen LogP contribution in [0.1, 0.15) is 40.0 Å². The van der Waals surface area contributed by atoms with Crippen LogP contribution in [-0.2, 0) is 23.8 Å². The fourth-order valence-corrected chi connectivity index (χ4v) is 1.51. The molecular formula is C16H31NO5. The zero-order chi connectivity index (χ0) is 16.7. The molecule has 0 aliphatic carbocycles. The Kier molecular flexibility index (Phi) is 13.1. The van der Waals surface area contributed by atoms with Crippen LogP contribution >= 0.6 is 0 Å². The van der Waals surface area contributed by atoms with Crippen molar-refractivity contribution in [1.29, 1.82) is 0 Å². The topological polar surface area (TPSA) is 73.9 Å². The number of rotatable bonds is 14. The van der Waals surface area contributed by atoms with Crippen molar-refractivity contribution in [3.05, 3.63) is 0 Å². The average molecular weight is 317 g/mol. The molecule has 0 bridgehead atoms. The third-order valence-corrected chi connectivity index (χ3v) is 2.79. The van der Waals surface area contributed by atoms with Crippen LogP contribution in [0.2, 0.25) is 0 Å². The highest BCUT2D eigenvalue weighted by Gasteiger charge is 2.12. The van der Waals surface area contributed by atoms with E-state index in [1.165, 1.54) is 0 Å². The molecule has 6 nitrogen and oxygen atoms in total. The molecule has 0 radical (unpaired) electrons. The van der Waals surface area contributed by atoms with E-state index in [2.05, 4.69) is 26.1 Å². The molecule has 0 saturated heterocycles. The normalized spacial score (nSPS) is 11.4. The van der Waals surface area contributed by atoms with E-state index in [1.54, 1.807) is 0 Å². The third kappa shape index (κ3) is 17.1. The molecule has 130 valence electrons. The van der Waals surface area contributed by atoms with Gasteiger partial charge in [0.1, 0.15) is 6.29 Å². The smallest absolute Gasteiger partial charge is 0.220 e. The SMILES string of the molecule is CC(C)(C)CCC(=O)NCCOCCOCCOCCC=O. The minimum absolute atomic E-state index is 0.0715. The van der Waals surface area contributed by atoms with Crippen LogP contribution < -0.4 is 5.32 Å². The number of hydrogen-bond acceptors (Lipinski definition) is 5. The van der Waals surface area contributed by atoms with Gasteiger partial charge in [0.15, 0.2) is 0 Å². The van der Waals surface area contributed by atoms with E-state index in [0.717, 1.165) is 12.7 Å². The van der Waals surface area contributed by atoms with E-state index in [-0.39, 0.29) is 11.3 Å². The second-order valence-corrected chi connectivity index (χ2v) is 6.20. The number of amides is 1. The number of nitrogens with one attached hydrogen (secondary N) is 1. The second kappa shape index (κ2) is 13.7. The summed E-state index contributed by atoms with van der Waals surface area (Å²) in [6.45, 7) is 9.78. The van der Waals surface area contributed by atoms with Gasteiger partial charge in [-0.05, 0) is 11.8 Å². The Labute approximate surface area is 133 Å². The largest absolute Gasteiger partial charge is 0.379 e. The number of ether oxygens (including phenoxy) is 3. The Morgan fingerprint density at radius 2 is 1.50 bits per heavy atom. The lowest BCUT2D eigenvalue weighted by Crippen LogP contribution is -2.28. The van der Waals surface area contributed by atoms with Crippen molar-refractivity contribution in [2.45, 2.75) is 40.0 Å². The van der Waals surface area contributed by atoms with Gasteiger partial charge in [-0.3, -0.25) is 4.79 Å². The molecule has 6 heteroatoms. The van der Waals surface area contributed by atoms with Gasteiger partial charge in [0.05, 0.1) is 39.6 Å². The molecular weight excluding hydrogens is 286 g/mol. The molecule has 0 saturated carbocycles. The first kappa shape index (κ1) is 21.0. The third-order valence-electron chi connectivity index (χ3n) is 2.79. The maximum Gasteiger partial charge on any atom is 0.220 e. The Morgan fingerprint density at radius 1 is 0.955 bits per heavy atom. The molecule has 0 aromatic carbocycles. The van der Waals surface area contributed by atoms with Gasteiger partial charge in [-0.15, -0.1) is 0 Å². The minimum Gasteiger partial charge on any atom is -0.379 e. The van der Waals surface area contributed by atoms with Gasteiger partial charge < -0.3 is 24.3 Å². The van der Waals surface area contributed by atoms with E-state index in [4.69, 9.17) is 14.2 Å². The van der Waals surface area contributed by atoms with Crippen molar-refractivity contribution in [2.24, 2.45) is 5.41 Å². The van der Waals surface area contributed by atoms with E-state index in [9.17, 15) is 9.59 Å². The van der Waals surface area contributed by atoms with Crippen molar-refractivity contribution in [3.8, 4) is 0 Å². The molecule has 0 heterocycles. The van der Waals surface area contributed by atoms with Crippen molar-refractivity contribution in [1.82, 2.24) is 5.32 Å². The molecule has 1 amide bonds. The van der Waals surface area contributed by atoms with E-state index >= 15 is 0 Å². The van der Waals surface area contributed by atoms with Gasteiger partial charge in [0.2, 0.25) is 5.91 Å². The molecule has 0 fully saturated rings. The predicted molar refractivity (Wildman–Crippen MR) is 84.8 cm³/mol. The fourth-order valence-electron chi connectivity index (χ4n) is 1.51. The molecule has 0 aliphatic heterocycles. The number of hydrogen-bond donors (Lipinski definition) is 1. The molecule has 0 aromatic rings. The molecule has 22 heavy (non-hydrogen) atoms. The van der Waals surface area contributed by atoms with Crippen LogP contribution in [0.4, 0.5) is 0 Å². The Balaban J connectivity index is 3.20. The van der Waals surface area contributed by atoms with E-state index in [0.29, 0.717) is 59.0 Å². The van der Waals surface area contributed by atoms with Crippen LogP contribution in [0, 0.1) is 5.41 Å². The molecule has 0 atom stereocenters. The van der Waals surface area contributed by atoms with Gasteiger partial charge >= 0.3 is 0 Å². The van der Waals surface area contributed by atoms with Crippen LogP contribution in [0.5, 0.6) is 0 Å². The lowest BCUT2D eigenvalue weighted by molar-refractivity contribution is -0.121. The van der Waals surface area contributed by atoms with Crippen molar-refractivity contribution in [3.63, 3.8) is 0 Å². The van der Waals surface area contributed by atoms with Gasteiger partial charge in [-0.2, -0.15) is 0 Å². The molecule has 0 aliphatic rings. The number of carbonyl (C=O) groups is 2. The Morgan fingerprint density at radius 3 is 2.05 bits per heavy atom. The summed E-state index contributed by atoms with van der Waals surface area (Å²) in [6.07, 6.45) is 2.68. The average Bonchev–Trinajstić information content (AvgIpc) is 2.45. The van der Waals surface area contributed by atoms with Crippen LogP contribution in [-0.4, -0.2) is 58.4 Å². The molecule has 0 rings (SSSR count). The summed E-state index contributed by atoms with van der Waals surface area (Å²) in [6, 6.07) is 0. The van der Waals surface area contributed by atoms with Gasteiger partial charge in [0.25, 0.3) is 0 Å². The van der Waals surface area contributed by atoms with Crippen LogP contribution in [0.15, 0.2) is 0 Å². The van der Waals surface area contributed by atoms with Crippen molar-refractivity contribution >= 4 is 12.2 Å². The van der Waals surface area contributed by atoms with Crippen molar-refractivity contribution < 1.29 is 23.8 Å². The molecule has 0 aromatic heterocycles. The summed E-state index contributed by atoms with van der Waals surface area (Å²) in [4.78, 5) is 21.6. The van der Waals surface area contributed by atoms with Gasteiger partial charge in [0, 0.05) is 19.4 Å². The van der Waals surface area contributed by atoms with Crippen LogP contribution in [0.3, 0.4) is 0 Å². The summed E-state index contributed by atoms with van der Waals surface area (Å²) < 4.78 is 15.8. The summed E-state index contributed by atoms with van der Waals surface area (Å²) >= 11 is 0. The maximum absolute atomic E-state index is 11.5. The lowest BCUT2D eigenvalue weighted by Gasteiger charge is -2.17. The Bertz CT molecular complexity index is 289. The summed E-state index contributed by atoms with van der Waals surface area (Å²) in [7, 11) is 0. The number of carbonyl (C=O) groups excluding carboxylic acids is 2. The fraction of sp³-hybridized carbons (Fsp3) is 0.875. The monoisotopic (exact) mass is 317 g/mol. The zero-order valence-corrected chi connectivity index (χ0v) is 14.2. The maximum atomic E-state index is 11.5. The van der Waals surface area contributed by atoms with Gasteiger partial charge in [-0.25, -0.2) is 0 Å². The highest BCUT2D eigenvalue weighted by molar-refractivity contribution is 5.75. The second-order valence-electron chi connectivity index (χ2n) is 6.20. The highest BCUT2D eigenvalue weighted by Crippen LogP contribution is 2.19. The van der Waals surface area contributed by atoms with Gasteiger partial charge in [-0.1, -0.05) is 20.8 Å². The van der Waals surface area contributed by atoms with E-state index in [1.807, 2.05) is 0 Å². The lowest BCUT2D eigenvalue weighted by atomic mass is 9.90. The summed E-state index contributed by atoms with van der Waals surface area (Å²) in [5.41, 5.74) is 0.183. The van der Waals surface area contributed by atoms with E-state index < -0.39 is 0 Å². The first-order chi connectivity index (χ1) is 10.5. The first-order valence-electron chi connectivity index (χ1n) is 7.89. The quantitative estimate of drug-likeness (QED) is 0.389. The molecule has 1 N–H and O–H groups in total. The highest BCUT2D eigenvalue weighted by atomic mass is 16.5. The Hall–Kier alpha value is -0.980. The summed E-state index contributed by atoms with van der Waals surface area (Å²) in [5, 5.41) is 2.83. The molecule has 0 spiro atoms. The summed E-state index contributed by atoms with van der Waals surface area (Å²) in [5.74, 6) is 0.0715.